The van der Waals surface area contributed by atoms with Crippen LogP contribution in [0, 0.1) is 0 Å². The van der Waals surface area contributed by atoms with Crippen molar-refractivity contribution in [1.29, 1.82) is 0 Å². The van der Waals surface area contributed by atoms with Crippen LogP contribution in [-0.4, -0.2) is 25.1 Å². The van der Waals surface area contributed by atoms with Gasteiger partial charge in [-0.25, -0.2) is 9.80 Å². The molecule has 0 fully saturated rings. The summed E-state index contributed by atoms with van der Waals surface area (Å²) in [5.41, 5.74) is 10.1. The lowest BCUT2D eigenvalue weighted by Crippen LogP contribution is -2.39. The second-order valence-electron chi connectivity index (χ2n) is 3.87. The van der Waals surface area contributed by atoms with Crippen molar-refractivity contribution in [3.63, 3.8) is 0 Å². The van der Waals surface area contributed by atoms with Gasteiger partial charge in [0.15, 0.2) is 0 Å². The van der Waals surface area contributed by atoms with Gasteiger partial charge in [-0.15, -0.1) is 0 Å². The predicted molar refractivity (Wildman–Crippen MR) is 64.9 cm³/mol. The molecule has 0 spiro atoms. The van der Waals surface area contributed by atoms with Crippen molar-refractivity contribution in [2.75, 3.05) is 19.4 Å². The topological polar surface area (TPSA) is 70.4 Å². The molecule has 5 nitrogen and oxygen atoms in total. The van der Waals surface area contributed by atoms with Crippen molar-refractivity contribution in [3.05, 3.63) is 29.8 Å². The zero-order valence-electron chi connectivity index (χ0n) is 9.82. The van der Waals surface area contributed by atoms with E-state index in [-0.39, 0.29) is 12.1 Å². The van der Waals surface area contributed by atoms with Crippen LogP contribution in [-0.2, 0) is 0 Å². The van der Waals surface area contributed by atoms with Gasteiger partial charge in [0.1, 0.15) is 0 Å². The van der Waals surface area contributed by atoms with E-state index in [0.29, 0.717) is 0 Å². The summed E-state index contributed by atoms with van der Waals surface area (Å²) >= 11 is 0. The molecule has 0 radical (unpaired) electrons. The molecule has 0 bridgehead atoms. The highest BCUT2D eigenvalue weighted by molar-refractivity contribution is 5.88. The van der Waals surface area contributed by atoms with Gasteiger partial charge in [-0.1, -0.05) is 12.1 Å². The normalized spacial score (nSPS) is 12.3. The Morgan fingerprint density at radius 1 is 1.44 bits per heavy atom. The molecule has 1 atom stereocenters. The summed E-state index contributed by atoms with van der Waals surface area (Å²) in [4.78, 5) is 11.4. The molecule has 88 valence electrons. The fourth-order valence-electron chi connectivity index (χ4n) is 1.26. The number of carbonyl (C=O) groups excluding carboxylic acids is 1. The fraction of sp³-hybridized carbons (Fsp3) is 0.364. The number of benzene rings is 1. The number of amides is 2. The molecule has 1 aromatic carbocycles. The second kappa shape index (κ2) is 5.48. The van der Waals surface area contributed by atoms with Gasteiger partial charge in [-0.3, -0.25) is 5.43 Å². The van der Waals surface area contributed by atoms with Crippen molar-refractivity contribution in [3.8, 4) is 0 Å². The number of hydrogen-bond acceptors (Lipinski definition) is 3. The van der Waals surface area contributed by atoms with Crippen LogP contribution in [0.5, 0.6) is 0 Å². The summed E-state index contributed by atoms with van der Waals surface area (Å²) in [5.74, 6) is 0. The van der Waals surface area contributed by atoms with Crippen molar-refractivity contribution < 1.29 is 4.79 Å². The van der Waals surface area contributed by atoms with Gasteiger partial charge in [0.2, 0.25) is 0 Å². The van der Waals surface area contributed by atoms with Gasteiger partial charge >= 0.3 is 6.03 Å². The summed E-state index contributed by atoms with van der Waals surface area (Å²) in [6, 6.07) is 7.16. The average molecular weight is 222 g/mol. The van der Waals surface area contributed by atoms with Crippen LogP contribution in [0.3, 0.4) is 0 Å². The lowest BCUT2D eigenvalue weighted by atomic mass is 10.1. The molecule has 0 saturated heterocycles. The highest BCUT2D eigenvalue weighted by Crippen LogP contribution is 2.15. The quantitative estimate of drug-likeness (QED) is 0.675. The van der Waals surface area contributed by atoms with Crippen LogP contribution < -0.4 is 16.5 Å². The summed E-state index contributed by atoms with van der Waals surface area (Å²) in [7, 11) is 3.50. The highest BCUT2D eigenvalue weighted by Gasteiger charge is 2.04. The van der Waals surface area contributed by atoms with Gasteiger partial charge in [0.25, 0.3) is 0 Å². The van der Waals surface area contributed by atoms with Crippen LogP contribution in [0.4, 0.5) is 10.5 Å². The van der Waals surface area contributed by atoms with E-state index in [1.54, 1.807) is 19.1 Å². The largest absolute Gasteiger partial charge is 0.333 e. The van der Waals surface area contributed by atoms with Crippen LogP contribution in [0.2, 0.25) is 0 Å². The third kappa shape index (κ3) is 3.88. The zero-order chi connectivity index (χ0) is 12.1. The van der Waals surface area contributed by atoms with E-state index in [1.165, 1.54) is 0 Å². The first kappa shape index (κ1) is 12.5. The van der Waals surface area contributed by atoms with Gasteiger partial charge in [-0.2, -0.15) is 0 Å². The third-order valence-electron chi connectivity index (χ3n) is 2.00. The minimum Gasteiger partial charge on any atom is -0.324 e. The molecular formula is C11H18N4O. The van der Waals surface area contributed by atoms with E-state index in [2.05, 4.69) is 10.7 Å². The van der Waals surface area contributed by atoms with Crippen LogP contribution in [0.1, 0.15) is 18.5 Å². The first-order valence-electron chi connectivity index (χ1n) is 5.09. The summed E-state index contributed by atoms with van der Waals surface area (Å²) in [6.07, 6.45) is 0. The molecule has 1 unspecified atom stereocenters. The number of urea groups is 1. The number of hydrogen-bond donors (Lipinski definition) is 3. The van der Waals surface area contributed by atoms with Crippen molar-refractivity contribution in [2.45, 2.75) is 13.0 Å². The molecule has 0 aliphatic heterocycles. The Hall–Kier alpha value is -1.59. The Bertz CT molecular complexity index is 363. The smallest absolute Gasteiger partial charge is 0.324 e. The van der Waals surface area contributed by atoms with E-state index >= 15 is 0 Å². The van der Waals surface area contributed by atoms with Gasteiger partial charge in [0, 0.05) is 25.8 Å². The number of nitrogens with two attached hydrogens (primary N) is 1. The molecule has 1 rings (SSSR count). The van der Waals surface area contributed by atoms with Crippen LogP contribution in [0.15, 0.2) is 24.3 Å². The minimum atomic E-state index is -0.271. The lowest BCUT2D eigenvalue weighted by molar-refractivity contribution is 0.224. The summed E-state index contributed by atoms with van der Waals surface area (Å²) in [5, 5.41) is 4.30. The summed E-state index contributed by atoms with van der Waals surface area (Å²) < 4.78 is 0. The van der Waals surface area contributed by atoms with E-state index in [4.69, 9.17) is 5.73 Å². The number of rotatable bonds is 3. The van der Waals surface area contributed by atoms with Gasteiger partial charge in [-0.05, 0) is 24.6 Å². The van der Waals surface area contributed by atoms with E-state index in [9.17, 15) is 4.79 Å². The van der Waals surface area contributed by atoms with E-state index in [0.717, 1.165) is 11.3 Å². The standard InChI is InChI=1S/C11H18N4O/c1-8(12)9-5-4-6-10(7-9)13-11(16)14-15(2)3/h4-8H,12H2,1-3H3,(H2,13,14,16). The third-order valence-corrected chi connectivity index (χ3v) is 2.00. The molecular weight excluding hydrogens is 204 g/mol. The van der Waals surface area contributed by atoms with E-state index < -0.39 is 0 Å². The Balaban J connectivity index is 2.67. The molecule has 0 saturated carbocycles. The molecule has 2 amide bonds. The Morgan fingerprint density at radius 3 is 2.69 bits per heavy atom. The number of nitrogens with one attached hydrogen (secondary N) is 2. The maximum absolute atomic E-state index is 11.4. The SMILES string of the molecule is CC(N)c1cccc(NC(=O)NN(C)C)c1. The van der Waals surface area contributed by atoms with Crippen molar-refractivity contribution in [1.82, 2.24) is 10.4 Å². The first-order valence-corrected chi connectivity index (χ1v) is 5.09. The molecule has 0 aliphatic carbocycles. The average Bonchev–Trinajstić information content (AvgIpc) is 2.16. The Morgan fingerprint density at radius 2 is 2.12 bits per heavy atom. The van der Waals surface area contributed by atoms with E-state index in [1.807, 2.05) is 31.2 Å². The fourth-order valence-corrected chi connectivity index (χ4v) is 1.26. The minimum absolute atomic E-state index is 0.0429. The van der Waals surface area contributed by atoms with Gasteiger partial charge in [0.05, 0.1) is 0 Å². The second-order valence-corrected chi connectivity index (χ2v) is 3.87. The van der Waals surface area contributed by atoms with Crippen molar-refractivity contribution in [2.24, 2.45) is 5.73 Å². The van der Waals surface area contributed by atoms with Gasteiger partial charge < -0.3 is 11.1 Å². The van der Waals surface area contributed by atoms with Crippen LogP contribution in [0.25, 0.3) is 0 Å². The monoisotopic (exact) mass is 222 g/mol. The molecule has 1 aromatic rings. The zero-order valence-corrected chi connectivity index (χ0v) is 9.82. The Labute approximate surface area is 95.6 Å². The molecule has 0 aromatic heterocycles. The first-order chi connectivity index (χ1) is 7.49. The molecule has 16 heavy (non-hydrogen) atoms. The number of nitrogens with zero attached hydrogens (tertiary/aromatic N) is 1. The lowest BCUT2D eigenvalue weighted by Gasteiger charge is -2.14. The number of anilines is 1. The highest BCUT2D eigenvalue weighted by atomic mass is 16.2. The summed E-state index contributed by atoms with van der Waals surface area (Å²) in [6.45, 7) is 1.90. The molecule has 4 N–H and O–H groups in total. The Kier molecular flexibility index (Phi) is 4.28. The molecule has 0 aliphatic rings. The number of carbonyl (C=O) groups is 1. The maximum Gasteiger partial charge on any atom is 0.333 e. The van der Waals surface area contributed by atoms with Crippen LogP contribution >= 0.6 is 0 Å². The van der Waals surface area contributed by atoms with Crippen molar-refractivity contribution >= 4 is 11.7 Å². The number of hydrazine groups is 1. The molecule has 0 heterocycles. The maximum atomic E-state index is 11.4. The predicted octanol–water partition coefficient (Wildman–Crippen LogP) is 1.30. The molecule has 5 heteroatoms.